The number of fused-ring (bicyclic) bond motifs is 1. The predicted octanol–water partition coefficient (Wildman–Crippen LogP) is 7.59. The maximum Gasteiger partial charge on any atom is 0.282 e. The lowest BCUT2D eigenvalue weighted by molar-refractivity contribution is -0.118. The van der Waals surface area contributed by atoms with E-state index in [-0.39, 0.29) is 18.1 Å². The van der Waals surface area contributed by atoms with Gasteiger partial charge in [-0.25, -0.2) is 4.98 Å². The number of rotatable bonds is 8. The Bertz CT molecular complexity index is 1690. The molecular formula is C30H29Br3N4O4. The molecule has 8 nitrogen and oxygen atoms in total. The number of hydrogen-bond donors (Lipinski definition) is 1. The van der Waals surface area contributed by atoms with Crippen LogP contribution in [0.2, 0.25) is 0 Å². The number of hydrogen-bond acceptors (Lipinski definition) is 6. The Morgan fingerprint density at radius 3 is 2.41 bits per heavy atom. The number of nitrogens with one attached hydrogen (secondary N) is 1. The largest absolute Gasteiger partial charge is 0.490 e. The summed E-state index contributed by atoms with van der Waals surface area (Å²) in [5.41, 5.74) is 2.27. The number of benzene rings is 3. The number of halogens is 3. The monoisotopic (exact) mass is 746 g/mol. The average molecular weight is 749 g/mol. The Labute approximate surface area is 263 Å². The third-order valence-electron chi connectivity index (χ3n) is 5.93. The molecule has 11 heteroatoms. The van der Waals surface area contributed by atoms with Crippen LogP contribution in [0.4, 0.5) is 5.69 Å². The average Bonchev–Trinajstić information content (AvgIpc) is 2.91. The van der Waals surface area contributed by atoms with Crippen LogP contribution in [0.5, 0.6) is 11.5 Å². The first-order valence-corrected chi connectivity index (χ1v) is 15.2. The molecule has 1 aromatic heterocycles. The predicted molar refractivity (Wildman–Crippen MR) is 174 cm³/mol. The molecule has 41 heavy (non-hydrogen) atoms. The van der Waals surface area contributed by atoms with E-state index in [1.165, 1.54) is 4.68 Å². The Kier molecular flexibility index (Phi) is 9.71. The van der Waals surface area contributed by atoms with Crippen molar-refractivity contribution >= 4 is 76.5 Å². The van der Waals surface area contributed by atoms with Crippen molar-refractivity contribution in [3.8, 4) is 11.5 Å². The van der Waals surface area contributed by atoms with Crippen molar-refractivity contribution in [1.82, 2.24) is 9.66 Å². The maximum atomic E-state index is 13.5. The van der Waals surface area contributed by atoms with Gasteiger partial charge in [0.05, 0.1) is 28.2 Å². The second-order valence-electron chi connectivity index (χ2n) is 10.3. The smallest absolute Gasteiger partial charge is 0.282 e. The van der Waals surface area contributed by atoms with Crippen LogP contribution in [0.1, 0.15) is 44.6 Å². The zero-order chi connectivity index (χ0) is 29.9. The van der Waals surface area contributed by atoms with E-state index in [4.69, 9.17) is 14.5 Å². The summed E-state index contributed by atoms with van der Waals surface area (Å²) in [4.78, 5) is 30.8. The van der Waals surface area contributed by atoms with Crippen molar-refractivity contribution in [3.63, 3.8) is 0 Å². The number of anilines is 1. The van der Waals surface area contributed by atoms with Crippen LogP contribution < -0.4 is 20.3 Å². The molecule has 4 aromatic rings. The highest BCUT2D eigenvalue weighted by molar-refractivity contribution is 9.13. The topological polar surface area (TPSA) is 94.8 Å². The molecule has 0 saturated heterocycles. The standard InChI is InChI=1S/C30H29Br3N4O4/c1-6-40-23-13-18(25(32)26(33)27(23)41-16-24(38)35-20-10-7-17(2)8-11-20)15-34-37-28(39)21-14-19(31)9-12-22(21)36-29(37)30(3,4)5/h7-15H,6,16H2,1-5H3,(H,35,38). The Morgan fingerprint density at radius 2 is 1.76 bits per heavy atom. The fraction of sp³-hybridized carbons (Fsp3) is 0.267. The van der Waals surface area contributed by atoms with Gasteiger partial charge in [0, 0.05) is 25.6 Å². The molecule has 0 fully saturated rings. The van der Waals surface area contributed by atoms with Crippen LogP contribution in [0.25, 0.3) is 10.9 Å². The zero-order valence-electron chi connectivity index (χ0n) is 23.2. The first-order chi connectivity index (χ1) is 19.4. The molecule has 214 valence electrons. The molecule has 4 rings (SSSR count). The molecule has 3 aromatic carbocycles. The molecule has 0 aliphatic rings. The molecule has 0 bridgehead atoms. The fourth-order valence-electron chi connectivity index (χ4n) is 3.93. The third-order valence-corrected chi connectivity index (χ3v) is 8.57. The van der Waals surface area contributed by atoms with Crippen LogP contribution in [-0.2, 0) is 10.2 Å². The summed E-state index contributed by atoms with van der Waals surface area (Å²) in [6.45, 7) is 9.91. The highest BCUT2D eigenvalue weighted by Crippen LogP contribution is 2.42. The molecule has 1 amide bonds. The molecule has 0 unspecified atom stereocenters. The van der Waals surface area contributed by atoms with Gasteiger partial charge >= 0.3 is 0 Å². The molecule has 0 atom stereocenters. The summed E-state index contributed by atoms with van der Waals surface area (Å²) >= 11 is 10.6. The third kappa shape index (κ3) is 7.25. The normalized spacial score (nSPS) is 11.7. The summed E-state index contributed by atoms with van der Waals surface area (Å²) in [5, 5.41) is 7.84. The molecular weight excluding hydrogens is 720 g/mol. The minimum absolute atomic E-state index is 0.227. The zero-order valence-corrected chi connectivity index (χ0v) is 28.0. The molecule has 1 heterocycles. The van der Waals surface area contributed by atoms with E-state index in [2.05, 4.69) is 58.2 Å². The first kappa shape index (κ1) is 30.9. The van der Waals surface area contributed by atoms with Crippen LogP contribution in [0.3, 0.4) is 0 Å². The van der Waals surface area contributed by atoms with Crippen molar-refractivity contribution in [3.05, 3.63) is 89.3 Å². The minimum Gasteiger partial charge on any atom is -0.490 e. The van der Waals surface area contributed by atoms with Crippen LogP contribution in [-0.4, -0.2) is 35.0 Å². The van der Waals surface area contributed by atoms with Crippen molar-refractivity contribution < 1.29 is 14.3 Å². The molecule has 1 N–H and O–H groups in total. The lowest BCUT2D eigenvalue weighted by Gasteiger charge is -2.21. The van der Waals surface area contributed by atoms with Gasteiger partial charge < -0.3 is 14.8 Å². The lowest BCUT2D eigenvalue weighted by atomic mass is 9.95. The van der Waals surface area contributed by atoms with Gasteiger partial charge in [-0.05, 0) is 82.1 Å². The highest BCUT2D eigenvalue weighted by atomic mass is 79.9. The number of nitrogens with zero attached hydrogens (tertiary/aromatic N) is 3. The van der Waals surface area contributed by atoms with Crippen molar-refractivity contribution in [2.45, 2.75) is 40.0 Å². The molecule has 0 saturated carbocycles. The Morgan fingerprint density at radius 1 is 1.05 bits per heavy atom. The van der Waals surface area contributed by atoms with Gasteiger partial charge in [0.2, 0.25) is 0 Å². The quantitative estimate of drug-likeness (QED) is 0.188. The van der Waals surface area contributed by atoms with Gasteiger partial charge in [-0.3, -0.25) is 9.59 Å². The van der Waals surface area contributed by atoms with Gasteiger partial charge in [0.15, 0.2) is 18.1 Å². The molecule has 0 aliphatic carbocycles. The number of ether oxygens (including phenoxy) is 2. The summed E-state index contributed by atoms with van der Waals surface area (Å²) in [6.07, 6.45) is 1.56. The molecule has 0 spiro atoms. The Balaban J connectivity index is 1.68. The van der Waals surface area contributed by atoms with Crippen molar-refractivity contribution in [2.75, 3.05) is 18.5 Å². The van der Waals surface area contributed by atoms with Gasteiger partial charge in [-0.15, -0.1) is 0 Å². The first-order valence-electron chi connectivity index (χ1n) is 12.8. The number of aryl methyl sites for hydroxylation is 1. The summed E-state index contributed by atoms with van der Waals surface area (Å²) in [7, 11) is 0. The fourth-order valence-corrected chi connectivity index (χ4v) is 5.23. The molecule has 0 aliphatic heterocycles. The highest BCUT2D eigenvalue weighted by Gasteiger charge is 2.23. The SMILES string of the molecule is CCOc1cc(C=Nn2c(C(C)(C)C)nc3ccc(Br)cc3c2=O)c(Br)c(Br)c1OCC(=O)Nc1ccc(C)cc1. The summed E-state index contributed by atoms with van der Waals surface area (Å²) in [6, 6.07) is 14.7. The lowest BCUT2D eigenvalue weighted by Crippen LogP contribution is -2.29. The summed E-state index contributed by atoms with van der Waals surface area (Å²) in [5.74, 6) is 0.985. The van der Waals surface area contributed by atoms with Gasteiger partial charge in [-0.2, -0.15) is 9.78 Å². The van der Waals surface area contributed by atoms with E-state index < -0.39 is 5.41 Å². The number of carbonyl (C=O) groups excluding carboxylic acids is 1. The molecule has 0 radical (unpaired) electrons. The van der Waals surface area contributed by atoms with E-state index in [1.807, 2.05) is 71.0 Å². The van der Waals surface area contributed by atoms with E-state index >= 15 is 0 Å². The van der Waals surface area contributed by atoms with Crippen LogP contribution >= 0.6 is 47.8 Å². The maximum absolute atomic E-state index is 13.5. The van der Waals surface area contributed by atoms with E-state index in [0.717, 1.165) is 10.0 Å². The second kappa shape index (κ2) is 12.9. The minimum atomic E-state index is -0.455. The van der Waals surface area contributed by atoms with E-state index in [0.29, 0.717) is 55.0 Å². The summed E-state index contributed by atoms with van der Waals surface area (Å²) < 4.78 is 15.0. The number of amides is 1. The van der Waals surface area contributed by atoms with Crippen LogP contribution in [0.15, 0.2) is 71.8 Å². The van der Waals surface area contributed by atoms with Crippen molar-refractivity contribution in [1.29, 1.82) is 0 Å². The van der Waals surface area contributed by atoms with E-state index in [9.17, 15) is 9.59 Å². The van der Waals surface area contributed by atoms with Crippen molar-refractivity contribution in [2.24, 2.45) is 5.10 Å². The van der Waals surface area contributed by atoms with Gasteiger partial charge in [0.1, 0.15) is 5.82 Å². The van der Waals surface area contributed by atoms with Gasteiger partial charge in [0.25, 0.3) is 11.5 Å². The van der Waals surface area contributed by atoms with Gasteiger partial charge in [-0.1, -0.05) is 54.4 Å². The second-order valence-corrected chi connectivity index (χ2v) is 12.8. The van der Waals surface area contributed by atoms with E-state index in [1.54, 1.807) is 18.3 Å². The number of carbonyl (C=O) groups is 1. The van der Waals surface area contributed by atoms with Crippen LogP contribution in [0, 0.1) is 6.92 Å². The number of aromatic nitrogens is 2. The Hall–Kier alpha value is -3.02.